The number of carbonyl (C=O) groups is 3. The second-order valence-electron chi connectivity index (χ2n) is 10.6. The average Bonchev–Trinajstić information content (AvgIpc) is 2.88. The zero-order valence-electron chi connectivity index (χ0n) is 23.8. The number of hydrogen-bond acceptors (Lipinski definition) is 5. The Kier molecular flexibility index (Phi) is 15.6. The largest absolute Gasteiger partial charge is 0.455 e. The topological polar surface area (TPSA) is 82.0 Å². The Morgan fingerprint density at radius 3 is 1.57 bits per heavy atom. The van der Waals surface area contributed by atoms with Crippen LogP contribution in [0.2, 0.25) is 0 Å². The molecule has 1 aromatic carbocycles. The van der Waals surface area contributed by atoms with E-state index in [2.05, 4.69) is 16.7 Å². The first-order valence-electron chi connectivity index (χ1n) is 13.8. The van der Waals surface area contributed by atoms with Crippen molar-refractivity contribution in [3.8, 4) is 5.75 Å². The van der Waals surface area contributed by atoms with E-state index in [9.17, 15) is 36.3 Å². The van der Waals surface area contributed by atoms with E-state index in [4.69, 9.17) is 4.74 Å². The number of nitrogens with zero attached hydrogens (tertiary/aromatic N) is 1. The van der Waals surface area contributed by atoms with Gasteiger partial charge in [0, 0.05) is 12.8 Å². The maximum absolute atomic E-state index is 13.8. The molecule has 0 aliphatic heterocycles. The van der Waals surface area contributed by atoms with Crippen molar-refractivity contribution in [2.45, 2.75) is 123 Å². The number of rotatable bonds is 17. The quantitative estimate of drug-likeness (QED) is 0.0356. The second kappa shape index (κ2) is 17.8. The van der Waals surface area contributed by atoms with Gasteiger partial charge in [-0.3, -0.25) is 9.59 Å². The van der Waals surface area contributed by atoms with E-state index >= 15 is 0 Å². The fourth-order valence-electron chi connectivity index (χ4n) is 3.75. The third-order valence-corrected chi connectivity index (χ3v) is 5.84. The maximum Gasteiger partial charge on any atom is 0.353 e. The molecule has 1 aromatic rings. The molecule has 6 nitrogen and oxygen atoms in total. The lowest BCUT2D eigenvalue weighted by molar-refractivity contribution is -0.146. The zero-order chi connectivity index (χ0) is 30.3. The number of hydrogen-bond donors (Lipinski definition) is 0. The molecule has 11 heteroatoms. The summed E-state index contributed by atoms with van der Waals surface area (Å²) in [7, 11) is 0. The summed E-state index contributed by atoms with van der Waals surface area (Å²) in [6, 6.07) is 0. The van der Waals surface area contributed by atoms with Gasteiger partial charge in [-0.1, -0.05) is 71.1 Å². The summed E-state index contributed by atoms with van der Waals surface area (Å²) in [5.74, 6) is -16.3. The number of esters is 2. The maximum atomic E-state index is 13.8. The lowest BCUT2D eigenvalue weighted by atomic mass is 10.1. The monoisotopic (exact) mass is 577 g/mol. The number of carbonyl (C=O) groups excluding carboxylic acids is 3. The van der Waals surface area contributed by atoms with Gasteiger partial charge in [0.05, 0.1) is 6.42 Å². The highest BCUT2D eigenvalue weighted by molar-refractivity contribution is 6.38. The first-order valence-corrected chi connectivity index (χ1v) is 13.8. The molecule has 0 radical (unpaired) electrons. The van der Waals surface area contributed by atoms with Crippen LogP contribution in [0, 0.1) is 29.1 Å². The molecule has 0 aromatic heterocycles. The number of amides is 1. The third-order valence-electron chi connectivity index (χ3n) is 5.84. The Hall–Kier alpha value is -2.85. The normalized spacial score (nSPS) is 12.0. The summed E-state index contributed by atoms with van der Waals surface area (Å²) in [4.78, 5) is 40.8. The van der Waals surface area contributed by atoms with Gasteiger partial charge >= 0.3 is 11.9 Å². The van der Waals surface area contributed by atoms with E-state index in [0.29, 0.717) is 6.42 Å². The van der Waals surface area contributed by atoms with Gasteiger partial charge in [0.2, 0.25) is 40.7 Å². The Balaban J connectivity index is 2.67. The van der Waals surface area contributed by atoms with Crippen molar-refractivity contribution >= 4 is 23.6 Å². The molecule has 226 valence electrons. The first-order chi connectivity index (χ1) is 18.8. The predicted molar refractivity (Wildman–Crippen MR) is 140 cm³/mol. The summed E-state index contributed by atoms with van der Waals surface area (Å²) in [6.07, 6.45) is 10.8. The standard InChI is InChI=1S/C29H40F5NO5/c1-5-6-7-8-9-10-11-12-13-14-15-16-20(36)35-19(28(38)40-29(2,3)4)17-18-21(37)39-27-25(33)23(31)22(30)24(32)26(27)34/h5-18H2,1-4H3. The second-order valence-corrected chi connectivity index (χ2v) is 10.6. The molecule has 1 amide bonds. The molecule has 0 N–H and O–H groups in total. The lowest BCUT2D eigenvalue weighted by Gasteiger charge is -2.20. The fraction of sp³-hybridized carbons (Fsp3) is 0.655. The number of aliphatic imine (C=N–C) groups is 1. The van der Waals surface area contributed by atoms with Gasteiger partial charge in [0.25, 0.3) is 0 Å². The Bertz CT molecular complexity index is 1010. The number of benzene rings is 1. The summed E-state index contributed by atoms with van der Waals surface area (Å²) < 4.78 is 77.1. The van der Waals surface area contributed by atoms with Crippen LogP contribution in [0.25, 0.3) is 0 Å². The van der Waals surface area contributed by atoms with Gasteiger partial charge in [0.1, 0.15) is 11.3 Å². The minimum Gasteiger partial charge on any atom is -0.455 e. The van der Waals surface area contributed by atoms with E-state index in [0.717, 1.165) is 25.7 Å². The molecule has 0 aliphatic carbocycles. The van der Waals surface area contributed by atoms with Gasteiger partial charge in [-0.05, 0) is 27.2 Å². The molecule has 0 unspecified atom stereocenters. The average molecular weight is 578 g/mol. The van der Waals surface area contributed by atoms with Crippen LogP contribution in [0.3, 0.4) is 0 Å². The van der Waals surface area contributed by atoms with E-state index in [1.165, 1.54) is 38.5 Å². The zero-order valence-corrected chi connectivity index (χ0v) is 23.8. The molecule has 40 heavy (non-hydrogen) atoms. The lowest BCUT2D eigenvalue weighted by Crippen LogP contribution is -2.30. The number of unbranched alkanes of at least 4 members (excludes halogenated alkanes) is 10. The van der Waals surface area contributed by atoms with Crippen LogP contribution in [0.15, 0.2) is 4.99 Å². The fourth-order valence-corrected chi connectivity index (χ4v) is 3.75. The molecule has 0 saturated carbocycles. The van der Waals surface area contributed by atoms with Crippen molar-refractivity contribution in [3.63, 3.8) is 0 Å². The number of halogens is 5. The predicted octanol–water partition coefficient (Wildman–Crippen LogP) is 8.08. The summed E-state index contributed by atoms with van der Waals surface area (Å²) in [6.45, 7) is 6.91. The van der Waals surface area contributed by atoms with Gasteiger partial charge in [-0.15, -0.1) is 0 Å². The van der Waals surface area contributed by atoms with E-state index < -0.39 is 76.8 Å². The molecule has 0 fully saturated rings. The molecule has 0 bridgehead atoms. The Labute approximate surface area is 232 Å². The summed E-state index contributed by atoms with van der Waals surface area (Å²) in [5, 5.41) is 0. The molecule has 0 saturated heterocycles. The Morgan fingerprint density at radius 2 is 1.10 bits per heavy atom. The highest BCUT2D eigenvalue weighted by atomic mass is 19.2. The molecule has 0 atom stereocenters. The minimum absolute atomic E-state index is 0.0678. The van der Waals surface area contributed by atoms with Crippen molar-refractivity contribution in [2.75, 3.05) is 0 Å². The van der Waals surface area contributed by atoms with Gasteiger partial charge in [-0.25, -0.2) is 23.0 Å². The van der Waals surface area contributed by atoms with Crippen LogP contribution < -0.4 is 4.74 Å². The van der Waals surface area contributed by atoms with Crippen molar-refractivity contribution in [3.05, 3.63) is 29.1 Å². The first kappa shape index (κ1) is 35.2. The van der Waals surface area contributed by atoms with Crippen LogP contribution in [0.4, 0.5) is 22.0 Å². The smallest absolute Gasteiger partial charge is 0.353 e. The third kappa shape index (κ3) is 13.0. The molecule has 0 spiro atoms. The van der Waals surface area contributed by atoms with Crippen LogP contribution >= 0.6 is 0 Å². The summed E-state index contributed by atoms with van der Waals surface area (Å²) in [5.41, 5.74) is -1.37. The minimum atomic E-state index is -2.40. The van der Waals surface area contributed by atoms with Crippen molar-refractivity contribution in [1.29, 1.82) is 0 Å². The molecule has 0 heterocycles. The Morgan fingerprint density at radius 1 is 0.650 bits per heavy atom. The van der Waals surface area contributed by atoms with Crippen LogP contribution in [-0.2, 0) is 19.1 Å². The molecule has 1 rings (SSSR count). The van der Waals surface area contributed by atoms with E-state index in [1.807, 2.05) is 0 Å². The molecular weight excluding hydrogens is 537 g/mol. The molecule has 0 aliphatic rings. The van der Waals surface area contributed by atoms with Gasteiger partial charge in [-0.2, -0.15) is 8.78 Å². The van der Waals surface area contributed by atoms with E-state index in [-0.39, 0.29) is 6.42 Å². The van der Waals surface area contributed by atoms with Crippen LogP contribution in [0.1, 0.15) is 118 Å². The van der Waals surface area contributed by atoms with Crippen LogP contribution in [0.5, 0.6) is 5.75 Å². The van der Waals surface area contributed by atoms with Gasteiger partial charge in [0.15, 0.2) is 0 Å². The molecular formula is C29H40F5NO5. The van der Waals surface area contributed by atoms with Crippen molar-refractivity contribution < 1.29 is 45.8 Å². The highest BCUT2D eigenvalue weighted by Gasteiger charge is 2.29. The SMILES string of the molecule is CCCCCCCCCCCCCC(=O)N=C(CCC(=O)Oc1c(F)c(F)c(F)c(F)c1F)C(=O)OC(C)(C)C. The van der Waals surface area contributed by atoms with Crippen molar-refractivity contribution in [1.82, 2.24) is 0 Å². The van der Waals surface area contributed by atoms with Gasteiger partial charge < -0.3 is 9.47 Å². The highest BCUT2D eigenvalue weighted by Crippen LogP contribution is 2.29. The van der Waals surface area contributed by atoms with Crippen molar-refractivity contribution in [2.24, 2.45) is 4.99 Å². The van der Waals surface area contributed by atoms with E-state index in [1.54, 1.807) is 20.8 Å². The number of ether oxygens (including phenoxy) is 2. The summed E-state index contributed by atoms with van der Waals surface area (Å²) >= 11 is 0. The van der Waals surface area contributed by atoms with Crippen LogP contribution in [-0.4, -0.2) is 29.2 Å².